The van der Waals surface area contributed by atoms with Crippen molar-refractivity contribution in [3.63, 3.8) is 0 Å². The maximum Gasteiger partial charge on any atom is 0.254 e. The Balaban J connectivity index is 0.911. The molecule has 4 bridgehead atoms. The first-order chi connectivity index (χ1) is 23.4. The van der Waals surface area contributed by atoms with Crippen molar-refractivity contribution in [2.45, 2.75) is 45.4 Å². The zero-order valence-corrected chi connectivity index (χ0v) is 28.2. The standard InChI is InChI=1S/C41H46N4O3/c1-3-48-34-21-32(25-42-26-34)35-12-13-38(37-7-5-4-6-36(35)37)40(47)45-16-14-44(15-17-45)33-10-8-31(9-11-33)39(46)43(2)27-41-22-28-18-29(23-41)20-30(19-28)24-41/h4-13,21,25-26,28-30H,3,14-20,22-24,27H2,1-2H3. The van der Waals surface area contributed by atoms with Gasteiger partial charge in [0, 0.05) is 68.3 Å². The molecule has 3 aromatic carbocycles. The Morgan fingerprint density at radius 1 is 0.854 bits per heavy atom. The highest BCUT2D eigenvalue weighted by Crippen LogP contribution is 2.60. The summed E-state index contributed by atoms with van der Waals surface area (Å²) in [7, 11) is 2.00. The van der Waals surface area contributed by atoms with Gasteiger partial charge in [-0.05, 0) is 121 Å². The number of hydrogen-bond donors (Lipinski definition) is 0. The monoisotopic (exact) mass is 642 g/mol. The fraction of sp³-hybridized carbons (Fsp3) is 0.439. The van der Waals surface area contributed by atoms with Crippen LogP contribution < -0.4 is 9.64 Å². The van der Waals surface area contributed by atoms with E-state index in [1.807, 2.05) is 78.5 Å². The van der Waals surface area contributed by atoms with E-state index < -0.39 is 0 Å². The molecule has 0 N–H and O–H groups in total. The number of aromatic nitrogens is 1. The molecule has 7 heteroatoms. The Labute approximate surface area is 283 Å². The Hall–Kier alpha value is -4.39. The molecule has 0 atom stereocenters. The van der Waals surface area contributed by atoms with Gasteiger partial charge in [0.1, 0.15) is 5.75 Å². The summed E-state index contributed by atoms with van der Waals surface area (Å²) in [5.74, 6) is 3.59. The van der Waals surface area contributed by atoms with Gasteiger partial charge in [0.2, 0.25) is 0 Å². The van der Waals surface area contributed by atoms with Crippen molar-refractivity contribution in [2.24, 2.45) is 23.2 Å². The lowest BCUT2D eigenvalue weighted by Gasteiger charge is -2.57. The van der Waals surface area contributed by atoms with Crippen LogP contribution in [0.3, 0.4) is 0 Å². The molecule has 9 rings (SSSR count). The summed E-state index contributed by atoms with van der Waals surface area (Å²) < 4.78 is 5.68. The molecule has 5 aliphatic rings. The number of fused-ring (bicyclic) bond motifs is 1. The molecule has 4 aromatic rings. The fourth-order valence-corrected chi connectivity index (χ4v) is 9.98. The van der Waals surface area contributed by atoms with Crippen LogP contribution in [0.4, 0.5) is 5.69 Å². The molecular formula is C41H46N4O3. The van der Waals surface area contributed by atoms with Crippen LogP contribution >= 0.6 is 0 Å². The van der Waals surface area contributed by atoms with Crippen molar-refractivity contribution >= 4 is 28.3 Å². The highest BCUT2D eigenvalue weighted by atomic mass is 16.5. The lowest BCUT2D eigenvalue weighted by molar-refractivity contribution is -0.0629. The second-order valence-electron chi connectivity index (χ2n) is 15.0. The molecule has 1 saturated heterocycles. The van der Waals surface area contributed by atoms with E-state index >= 15 is 0 Å². The Morgan fingerprint density at radius 2 is 1.52 bits per heavy atom. The quantitative estimate of drug-likeness (QED) is 0.199. The van der Waals surface area contributed by atoms with Gasteiger partial charge in [-0.25, -0.2) is 0 Å². The maximum absolute atomic E-state index is 13.9. The number of rotatable bonds is 8. The van der Waals surface area contributed by atoms with Gasteiger partial charge < -0.3 is 19.4 Å². The molecule has 4 aliphatic carbocycles. The van der Waals surface area contributed by atoms with Gasteiger partial charge in [-0.2, -0.15) is 0 Å². The third-order valence-corrected chi connectivity index (χ3v) is 11.6. The number of ether oxygens (including phenoxy) is 1. The SMILES string of the molecule is CCOc1cncc(-c2ccc(C(=O)N3CCN(c4ccc(C(=O)N(C)CC56CC7CC(CC(C7)C5)C6)cc4)CC3)c3ccccc23)c1. The third kappa shape index (κ3) is 5.82. The van der Waals surface area contributed by atoms with E-state index in [9.17, 15) is 9.59 Å². The molecule has 248 valence electrons. The summed E-state index contributed by atoms with van der Waals surface area (Å²) in [6, 6.07) is 22.2. The van der Waals surface area contributed by atoms with Crippen LogP contribution in [0.1, 0.15) is 66.2 Å². The van der Waals surface area contributed by atoms with E-state index in [-0.39, 0.29) is 11.8 Å². The molecule has 48 heavy (non-hydrogen) atoms. The first kappa shape index (κ1) is 30.9. The summed E-state index contributed by atoms with van der Waals surface area (Å²) in [5, 5.41) is 1.97. The van der Waals surface area contributed by atoms with E-state index in [0.29, 0.717) is 25.1 Å². The van der Waals surface area contributed by atoms with Crippen LogP contribution in [0.5, 0.6) is 5.75 Å². The second-order valence-corrected chi connectivity index (χ2v) is 15.0. The number of carbonyl (C=O) groups is 2. The smallest absolute Gasteiger partial charge is 0.254 e. The van der Waals surface area contributed by atoms with Crippen LogP contribution in [0.25, 0.3) is 21.9 Å². The fourth-order valence-electron chi connectivity index (χ4n) is 9.98. The first-order valence-electron chi connectivity index (χ1n) is 17.9. The van der Waals surface area contributed by atoms with Crippen LogP contribution in [-0.2, 0) is 0 Å². The Kier molecular flexibility index (Phi) is 8.10. The predicted octanol–water partition coefficient (Wildman–Crippen LogP) is 7.55. The van der Waals surface area contributed by atoms with E-state index in [1.54, 1.807) is 6.20 Å². The largest absolute Gasteiger partial charge is 0.492 e. The minimum Gasteiger partial charge on any atom is -0.492 e. The van der Waals surface area contributed by atoms with E-state index in [4.69, 9.17) is 4.74 Å². The van der Waals surface area contributed by atoms with Gasteiger partial charge >= 0.3 is 0 Å². The van der Waals surface area contributed by atoms with Crippen LogP contribution in [0.15, 0.2) is 79.1 Å². The van der Waals surface area contributed by atoms with E-state index in [0.717, 1.165) is 81.9 Å². The number of hydrogen-bond acceptors (Lipinski definition) is 5. The first-order valence-corrected chi connectivity index (χ1v) is 17.9. The predicted molar refractivity (Wildman–Crippen MR) is 190 cm³/mol. The molecule has 0 unspecified atom stereocenters. The zero-order valence-electron chi connectivity index (χ0n) is 28.2. The second kappa shape index (κ2) is 12.6. The van der Waals surface area contributed by atoms with Crippen LogP contribution in [-0.4, -0.2) is 73.0 Å². The maximum atomic E-state index is 13.9. The molecular weight excluding hydrogens is 596 g/mol. The average molecular weight is 643 g/mol. The number of anilines is 1. The van der Waals surface area contributed by atoms with Gasteiger partial charge in [0.25, 0.3) is 11.8 Å². The van der Waals surface area contributed by atoms with E-state index in [2.05, 4.69) is 28.1 Å². The summed E-state index contributed by atoms with van der Waals surface area (Å²) in [6.45, 7) is 6.21. The lowest BCUT2D eigenvalue weighted by atomic mass is 9.49. The van der Waals surface area contributed by atoms with Crippen LogP contribution in [0, 0.1) is 23.2 Å². The minimum absolute atomic E-state index is 0.0570. The zero-order chi connectivity index (χ0) is 32.8. The Morgan fingerprint density at radius 3 is 2.19 bits per heavy atom. The van der Waals surface area contributed by atoms with Gasteiger partial charge in [-0.1, -0.05) is 30.3 Å². The molecule has 0 spiro atoms. The summed E-state index contributed by atoms with van der Waals surface area (Å²) >= 11 is 0. The van der Waals surface area contributed by atoms with Crippen molar-refractivity contribution in [1.29, 1.82) is 0 Å². The molecule has 5 fully saturated rings. The minimum atomic E-state index is 0.0570. The molecule has 2 heterocycles. The topological polar surface area (TPSA) is 66.0 Å². The van der Waals surface area contributed by atoms with Crippen molar-refractivity contribution in [1.82, 2.24) is 14.8 Å². The van der Waals surface area contributed by atoms with Gasteiger partial charge in [-0.15, -0.1) is 0 Å². The van der Waals surface area contributed by atoms with Crippen LogP contribution in [0.2, 0.25) is 0 Å². The summed E-state index contributed by atoms with van der Waals surface area (Å²) in [5.41, 5.74) is 4.92. The number of piperazine rings is 1. The normalized spacial score (nSPS) is 24.6. The van der Waals surface area contributed by atoms with Gasteiger partial charge in [-0.3, -0.25) is 14.6 Å². The number of benzene rings is 3. The van der Waals surface area contributed by atoms with Gasteiger partial charge in [0.05, 0.1) is 12.8 Å². The molecule has 2 amide bonds. The number of pyridine rings is 1. The number of carbonyl (C=O) groups excluding carboxylic acids is 2. The highest BCUT2D eigenvalue weighted by Gasteiger charge is 2.51. The molecule has 1 aromatic heterocycles. The summed E-state index contributed by atoms with van der Waals surface area (Å²) in [4.78, 5) is 38.1. The van der Waals surface area contributed by atoms with Crippen molar-refractivity contribution < 1.29 is 14.3 Å². The molecule has 4 saturated carbocycles. The number of amides is 2. The Bertz CT molecular complexity index is 1790. The van der Waals surface area contributed by atoms with Gasteiger partial charge in [0.15, 0.2) is 0 Å². The lowest BCUT2D eigenvalue weighted by Crippen LogP contribution is -2.51. The van der Waals surface area contributed by atoms with Crippen molar-refractivity contribution in [3.05, 3.63) is 90.3 Å². The van der Waals surface area contributed by atoms with Crippen molar-refractivity contribution in [2.75, 3.05) is 51.3 Å². The molecule has 7 nitrogen and oxygen atoms in total. The van der Waals surface area contributed by atoms with Crippen molar-refractivity contribution in [3.8, 4) is 16.9 Å². The average Bonchev–Trinajstić information content (AvgIpc) is 3.10. The molecule has 0 radical (unpaired) electrons. The summed E-state index contributed by atoms with van der Waals surface area (Å²) in [6.07, 6.45) is 11.8. The molecule has 1 aliphatic heterocycles. The highest BCUT2D eigenvalue weighted by molar-refractivity contribution is 6.11. The number of nitrogens with zero attached hydrogens (tertiary/aromatic N) is 4. The third-order valence-electron chi connectivity index (χ3n) is 11.6. The van der Waals surface area contributed by atoms with E-state index in [1.165, 1.54) is 38.5 Å².